The van der Waals surface area contributed by atoms with Crippen LogP contribution in [0.2, 0.25) is 15.1 Å². The van der Waals surface area contributed by atoms with Crippen LogP contribution in [-0.4, -0.2) is 13.0 Å². The smallest absolute Gasteiger partial charge is 0.266 e. The van der Waals surface area contributed by atoms with E-state index in [1.165, 1.54) is 13.2 Å². The van der Waals surface area contributed by atoms with Gasteiger partial charge in [-0.2, -0.15) is 5.26 Å². The van der Waals surface area contributed by atoms with Crippen molar-refractivity contribution in [2.45, 2.75) is 20.5 Å². The van der Waals surface area contributed by atoms with Gasteiger partial charge in [0.25, 0.3) is 5.91 Å². The maximum Gasteiger partial charge on any atom is 0.266 e. The largest absolute Gasteiger partial charge is 0.493 e. The van der Waals surface area contributed by atoms with E-state index in [1.807, 2.05) is 32.0 Å². The first-order valence-electron chi connectivity index (χ1n) is 10.2. The standard InChI is InChI=1S/C26H21Cl3N2O3/c1-15-5-4-6-23(16(15)2)31-26(32)19(13-30)9-17-10-22(29)25(24(11-17)33-3)34-14-18-7-8-20(27)12-21(18)28/h4-12H,14H2,1-3H3,(H,31,32)/b19-9+. The zero-order valence-corrected chi connectivity index (χ0v) is 21.0. The van der Waals surface area contributed by atoms with Crippen LogP contribution in [-0.2, 0) is 11.4 Å². The van der Waals surface area contributed by atoms with Crippen LogP contribution in [0.1, 0.15) is 22.3 Å². The van der Waals surface area contributed by atoms with Crippen LogP contribution in [0.25, 0.3) is 6.08 Å². The Morgan fingerprint density at radius 1 is 1.09 bits per heavy atom. The zero-order valence-electron chi connectivity index (χ0n) is 18.7. The number of aryl methyl sites for hydroxylation is 1. The predicted octanol–water partition coefficient (Wildman–Crippen LogP) is 7.40. The van der Waals surface area contributed by atoms with Gasteiger partial charge in [0, 0.05) is 21.3 Å². The molecular formula is C26H21Cl3N2O3. The number of hydrogen-bond acceptors (Lipinski definition) is 4. The first-order chi connectivity index (χ1) is 16.2. The van der Waals surface area contributed by atoms with Gasteiger partial charge in [-0.25, -0.2) is 0 Å². The lowest BCUT2D eigenvalue weighted by atomic mass is 10.1. The molecule has 0 saturated carbocycles. The Hall–Kier alpha value is -3.17. The van der Waals surface area contributed by atoms with Crippen molar-refractivity contribution in [3.8, 4) is 17.6 Å². The quantitative estimate of drug-likeness (QED) is 0.263. The first kappa shape index (κ1) is 25.5. The van der Waals surface area contributed by atoms with Crippen LogP contribution in [0.3, 0.4) is 0 Å². The molecule has 0 aliphatic carbocycles. The molecular weight excluding hydrogens is 495 g/mol. The molecule has 8 heteroatoms. The minimum absolute atomic E-state index is 0.0827. The molecule has 0 bridgehead atoms. The van der Waals surface area contributed by atoms with E-state index < -0.39 is 5.91 Å². The fourth-order valence-electron chi connectivity index (χ4n) is 3.14. The van der Waals surface area contributed by atoms with Crippen molar-refractivity contribution in [3.05, 3.63) is 91.4 Å². The molecule has 34 heavy (non-hydrogen) atoms. The second-order valence-electron chi connectivity index (χ2n) is 7.43. The fourth-order valence-corrected chi connectivity index (χ4v) is 3.88. The molecule has 3 aromatic rings. The molecule has 3 rings (SSSR count). The topological polar surface area (TPSA) is 71.3 Å². The fraction of sp³-hybridized carbons (Fsp3) is 0.154. The molecule has 0 atom stereocenters. The molecule has 0 aromatic heterocycles. The van der Waals surface area contributed by atoms with E-state index in [0.29, 0.717) is 32.8 Å². The average molecular weight is 516 g/mol. The van der Waals surface area contributed by atoms with Crippen molar-refractivity contribution in [2.24, 2.45) is 0 Å². The summed E-state index contributed by atoms with van der Waals surface area (Å²) in [4.78, 5) is 12.7. The van der Waals surface area contributed by atoms with Crippen LogP contribution < -0.4 is 14.8 Å². The molecule has 0 aliphatic heterocycles. The summed E-state index contributed by atoms with van der Waals surface area (Å²) in [5, 5.41) is 13.6. The lowest BCUT2D eigenvalue weighted by molar-refractivity contribution is -0.112. The molecule has 0 spiro atoms. The summed E-state index contributed by atoms with van der Waals surface area (Å²) in [6, 6.07) is 15.8. The van der Waals surface area contributed by atoms with E-state index in [4.69, 9.17) is 44.3 Å². The molecule has 0 unspecified atom stereocenters. The minimum Gasteiger partial charge on any atom is -0.493 e. The van der Waals surface area contributed by atoms with Gasteiger partial charge in [0.05, 0.1) is 12.1 Å². The van der Waals surface area contributed by atoms with E-state index in [-0.39, 0.29) is 17.2 Å². The van der Waals surface area contributed by atoms with E-state index in [1.54, 1.807) is 36.4 Å². The highest BCUT2D eigenvalue weighted by Crippen LogP contribution is 2.38. The summed E-state index contributed by atoms with van der Waals surface area (Å²) in [6.07, 6.45) is 1.44. The van der Waals surface area contributed by atoms with Gasteiger partial charge in [0.1, 0.15) is 18.2 Å². The molecule has 0 fully saturated rings. The van der Waals surface area contributed by atoms with Crippen molar-refractivity contribution >= 4 is 52.5 Å². The minimum atomic E-state index is -0.524. The SMILES string of the molecule is COc1cc(/C=C(\C#N)C(=O)Nc2cccc(C)c2C)cc(Cl)c1OCc1ccc(Cl)cc1Cl. The number of benzene rings is 3. The van der Waals surface area contributed by atoms with Crippen molar-refractivity contribution in [1.29, 1.82) is 5.26 Å². The lowest BCUT2D eigenvalue weighted by Gasteiger charge is -2.14. The van der Waals surface area contributed by atoms with E-state index >= 15 is 0 Å². The normalized spacial score (nSPS) is 11.0. The second-order valence-corrected chi connectivity index (χ2v) is 8.68. The van der Waals surface area contributed by atoms with Crippen LogP contribution in [0.5, 0.6) is 11.5 Å². The number of anilines is 1. The maximum atomic E-state index is 12.7. The number of hydrogen-bond donors (Lipinski definition) is 1. The van der Waals surface area contributed by atoms with Crippen LogP contribution in [0, 0.1) is 25.2 Å². The molecule has 3 aromatic carbocycles. The molecule has 0 heterocycles. The number of halogens is 3. The summed E-state index contributed by atoms with van der Waals surface area (Å²) in [5.41, 5.74) is 3.76. The van der Waals surface area contributed by atoms with E-state index in [0.717, 1.165) is 16.7 Å². The Morgan fingerprint density at radius 3 is 2.53 bits per heavy atom. The average Bonchev–Trinajstić information content (AvgIpc) is 2.80. The van der Waals surface area contributed by atoms with Gasteiger partial charge in [-0.1, -0.05) is 53.0 Å². The van der Waals surface area contributed by atoms with Gasteiger partial charge >= 0.3 is 0 Å². The highest BCUT2D eigenvalue weighted by molar-refractivity contribution is 6.35. The third-order valence-electron chi connectivity index (χ3n) is 5.17. The highest BCUT2D eigenvalue weighted by Gasteiger charge is 2.16. The van der Waals surface area contributed by atoms with Gasteiger partial charge < -0.3 is 14.8 Å². The number of methoxy groups -OCH3 is 1. The number of ether oxygens (including phenoxy) is 2. The Balaban J connectivity index is 1.84. The number of nitrogens with zero attached hydrogens (tertiary/aromatic N) is 1. The van der Waals surface area contributed by atoms with Gasteiger partial charge in [-0.15, -0.1) is 0 Å². The summed E-state index contributed by atoms with van der Waals surface area (Å²) >= 11 is 18.6. The number of rotatable bonds is 7. The first-order valence-corrected chi connectivity index (χ1v) is 11.3. The Morgan fingerprint density at radius 2 is 1.85 bits per heavy atom. The van der Waals surface area contributed by atoms with Gasteiger partial charge in [-0.05, 0) is 66.9 Å². The highest BCUT2D eigenvalue weighted by atomic mass is 35.5. The van der Waals surface area contributed by atoms with Crippen molar-refractivity contribution in [3.63, 3.8) is 0 Å². The van der Waals surface area contributed by atoms with Gasteiger partial charge in [0.2, 0.25) is 0 Å². The monoisotopic (exact) mass is 514 g/mol. The number of carbonyl (C=O) groups excluding carboxylic acids is 1. The third kappa shape index (κ3) is 6.03. The molecule has 1 amide bonds. The Kier molecular flexibility index (Phi) is 8.46. The summed E-state index contributed by atoms with van der Waals surface area (Å²) in [5.74, 6) is 0.130. The zero-order chi connectivity index (χ0) is 24.8. The summed E-state index contributed by atoms with van der Waals surface area (Å²) < 4.78 is 11.3. The third-order valence-corrected chi connectivity index (χ3v) is 6.04. The number of amides is 1. The summed E-state index contributed by atoms with van der Waals surface area (Å²) in [6.45, 7) is 4.00. The van der Waals surface area contributed by atoms with Crippen LogP contribution >= 0.6 is 34.8 Å². The lowest BCUT2D eigenvalue weighted by Crippen LogP contribution is -2.14. The van der Waals surface area contributed by atoms with Crippen molar-refractivity contribution in [1.82, 2.24) is 0 Å². The number of nitriles is 1. The van der Waals surface area contributed by atoms with Crippen LogP contribution in [0.4, 0.5) is 5.69 Å². The van der Waals surface area contributed by atoms with Gasteiger partial charge in [-0.3, -0.25) is 4.79 Å². The summed E-state index contributed by atoms with van der Waals surface area (Å²) in [7, 11) is 1.47. The van der Waals surface area contributed by atoms with Crippen molar-refractivity contribution < 1.29 is 14.3 Å². The Bertz CT molecular complexity index is 1310. The molecule has 5 nitrogen and oxygen atoms in total. The van der Waals surface area contributed by atoms with Gasteiger partial charge in [0.15, 0.2) is 11.5 Å². The van der Waals surface area contributed by atoms with E-state index in [2.05, 4.69) is 5.32 Å². The van der Waals surface area contributed by atoms with E-state index in [9.17, 15) is 10.1 Å². The number of carbonyl (C=O) groups is 1. The second kappa shape index (κ2) is 11.3. The van der Waals surface area contributed by atoms with Crippen molar-refractivity contribution in [2.75, 3.05) is 12.4 Å². The molecule has 0 saturated heterocycles. The maximum absolute atomic E-state index is 12.7. The number of nitrogens with one attached hydrogen (secondary N) is 1. The molecule has 0 radical (unpaired) electrons. The molecule has 0 aliphatic rings. The molecule has 1 N–H and O–H groups in total. The molecule has 174 valence electrons. The Labute approximate surface area is 213 Å². The van der Waals surface area contributed by atoms with Crippen LogP contribution in [0.15, 0.2) is 54.1 Å². The predicted molar refractivity (Wildman–Crippen MR) is 137 cm³/mol.